The summed E-state index contributed by atoms with van der Waals surface area (Å²) in [6.07, 6.45) is 10.6. The fourth-order valence-electron chi connectivity index (χ4n) is 4.91. The zero-order chi connectivity index (χ0) is 25.5. The Morgan fingerprint density at radius 1 is 0.833 bits per heavy atom. The van der Waals surface area contributed by atoms with E-state index in [2.05, 4.69) is 13.8 Å². The van der Waals surface area contributed by atoms with Crippen LogP contribution in [-0.2, 0) is 0 Å². The molecule has 0 radical (unpaired) electrons. The summed E-state index contributed by atoms with van der Waals surface area (Å²) in [4.78, 5) is 0. The summed E-state index contributed by atoms with van der Waals surface area (Å²) in [5.41, 5.74) is 2.68. The first-order valence-corrected chi connectivity index (χ1v) is 13.1. The van der Waals surface area contributed by atoms with Crippen molar-refractivity contribution in [3.63, 3.8) is 0 Å². The zero-order valence-electron chi connectivity index (χ0n) is 21.2. The van der Waals surface area contributed by atoms with Crippen LogP contribution in [0.2, 0.25) is 0 Å². The van der Waals surface area contributed by atoms with Crippen LogP contribution < -0.4 is 4.74 Å². The standard InChI is InChI=1S/C32H35F3O/c1-3-4-5-20-36-27-17-16-26(30(33)21-27)15-10-23-8-13-25(14-9-23)29-19-18-28(31(34)32(29)35)24-11-6-22(2)7-12-24/h8-10,13-19,21-22,24H,3-7,11-12,20H2,1-2H3/b15-10+. The smallest absolute Gasteiger partial charge is 0.166 e. The lowest BCUT2D eigenvalue weighted by molar-refractivity contribution is 0.305. The Balaban J connectivity index is 1.43. The molecule has 0 N–H and O–H groups in total. The molecule has 36 heavy (non-hydrogen) atoms. The summed E-state index contributed by atoms with van der Waals surface area (Å²) >= 11 is 0. The molecule has 1 saturated carbocycles. The molecule has 1 fully saturated rings. The van der Waals surface area contributed by atoms with E-state index in [-0.39, 0.29) is 17.3 Å². The molecule has 3 aromatic rings. The van der Waals surface area contributed by atoms with Gasteiger partial charge in [-0.1, -0.05) is 88.1 Å². The molecule has 0 bridgehead atoms. The topological polar surface area (TPSA) is 9.23 Å². The lowest BCUT2D eigenvalue weighted by Crippen LogP contribution is -2.13. The highest BCUT2D eigenvalue weighted by Gasteiger charge is 2.25. The van der Waals surface area contributed by atoms with Crippen molar-refractivity contribution in [1.82, 2.24) is 0 Å². The molecule has 3 aromatic carbocycles. The highest BCUT2D eigenvalue weighted by Crippen LogP contribution is 2.38. The van der Waals surface area contributed by atoms with Gasteiger partial charge in [-0.15, -0.1) is 0 Å². The van der Waals surface area contributed by atoms with Crippen LogP contribution in [-0.4, -0.2) is 6.61 Å². The minimum Gasteiger partial charge on any atom is -0.493 e. The summed E-state index contributed by atoms with van der Waals surface area (Å²) in [5, 5.41) is 0. The fourth-order valence-corrected chi connectivity index (χ4v) is 4.91. The van der Waals surface area contributed by atoms with Crippen molar-refractivity contribution >= 4 is 12.2 Å². The van der Waals surface area contributed by atoms with Gasteiger partial charge in [0.1, 0.15) is 11.6 Å². The van der Waals surface area contributed by atoms with Gasteiger partial charge in [0.05, 0.1) is 6.61 Å². The highest BCUT2D eigenvalue weighted by molar-refractivity contribution is 5.73. The maximum atomic E-state index is 15.0. The summed E-state index contributed by atoms with van der Waals surface area (Å²) in [5.74, 6) is -0.562. The number of halogens is 3. The first-order valence-electron chi connectivity index (χ1n) is 13.1. The second kappa shape index (κ2) is 12.3. The van der Waals surface area contributed by atoms with Crippen molar-refractivity contribution in [2.45, 2.75) is 64.7 Å². The molecule has 4 rings (SSSR count). The molecule has 0 aromatic heterocycles. The molecule has 1 aliphatic carbocycles. The van der Waals surface area contributed by atoms with Gasteiger partial charge >= 0.3 is 0 Å². The Bertz CT molecular complexity index is 1170. The minimum absolute atomic E-state index is 0.0966. The Morgan fingerprint density at radius 3 is 2.28 bits per heavy atom. The second-order valence-electron chi connectivity index (χ2n) is 9.98. The molecular weight excluding hydrogens is 457 g/mol. The van der Waals surface area contributed by atoms with Gasteiger partial charge in [0, 0.05) is 17.2 Å². The molecular formula is C32H35F3O. The number of hydrogen-bond donors (Lipinski definition) is 0. The Kier molecular flexibility index (Phi) is 8.90. The average Bonchev–Trinajstić information content (AvgIpc) is 2.89. The van der Waals surface area contributed by atoms with Crippen molar-refractivity contribution in [3.05, 3.63) is 88.7 Å². The molecule has 4 heteroatoms. The predicted molar refractivity (Wildman–Crippen MR) is 143 cm³/mol. The summed E-state index contributed by atoms with van der Waals surface area (Å²) in [7, 11) is 0. The van der Waals surface area contributed by atoms with E-state index in [1.54, 1.807) is 48.6 Å². The van der Waals surface area contributed by atoms with E-state index in [4.69, 9.17) is 4.74 Å². The maximum absolute atomic E-state index is 15.0. The van der Waals surface area contributed by atoms with Gasteiger partial charge in [-0.25, -0.2) is 13.2 Å². The largest absolute Gasteiger partial charge is 0.493 e. The van der Waals surface area contributed by atoms with Gasteiger partial charge < -0.3 is 4.74 Å². The van der Waals surface area contributed by atoms with Gasteiger partial charge in [0.25, 0.3) is 0 Å². The number of rotatable bonds is 9. The Morgan fingerprint density at radius 2 is 1.58 bits per heavy atom. The van der Waals surface area contributed by atoms with E-state index in [9.17, 15) is 8.78 Å². The van der Waals surface area contributed by atoms with Crippen LogP contribution in [0.25, 0.3) is 23.3 Å². The van der Waals surface area contributed by atoms with Crippen molar-refractivity contribution in [2.24, 2.45) is 5.92 Å². The van der Waals surface area contributed by atoms with Crippen LogP contribution in [0.5, 0.6) is 5.75 Å². The van der Waals surface area contributed by atoms with Gasteiger partial charge in [-0.2, -0.15) is 0 Å². The van der Waals surface area contributed by atoms with Crippen LogP contribution in [0, 0.1) is 23.4 Å². The molecule has 0 amide bonds. The molecule has 0 heterocycles. The lowest BCUT2D eigenvalue weighted by Gasteiger charge is -2.27. The monoisotopic (exact) mass is 492 g/mol. The Hall–Kier alpha value is -3.01. The molecule has 0 spiro atoms. The van der Waals surface area contributed by atoms with Crippen molar-refractivity contribution in [2.75, 3.05) is 6.61 Å². The van der Waals surface area contributed by atoms with E-state index in [0.29, 0.717) is 35.0 Å². The quantitative estimate of drug-likeness (QED) is 0.213. The van der Waals surface area contributed by atoms with E-state index < -0.39 is 11.6 Å². The molecule has 190 valence electrons. The van der Waals surface area contributed by atoms with E-state index >= 15 is 4.39 Å². The third-order valence-corrected chi connectivity index (χ3v) is 7.23. The van der Waals surface area contributed by atoms with Crippen LogP contribution in [0.1, 0.15) is 81.4 Å². The minimum atomic E-state index is -0.784. The number of ether oxygens (including phenoxy) is 1. The maximum Gasteiger partial charge on any atom is 0.166 e. The molecule has 1 aliphatic rings. The normalized spacial score (nSPS) is 18.0. The second-order valence-corrected chi connectivity index (χ2v) is 9.98. The lowest BCUT2D eigenvalue weighted by atomic mass is 9.79. The molecule has 0 aliphatic heterocycles. The highest BCUT2D eigenvalue weighted by atomic mass is 19.2. The van der Waals surface area contributed by atoms with Gasteiger partial charge in [0.2, 0.25) is 0 Å². The fraction of sp³-hybridized carbons (Fsp3) is 0.375. The molecule has 0 unspecified atom stereocenters. The first-order chi connectivity index (χ1) is 17.5. The van der Waals surface area contributed by atoms with Crippen molar-refractivity contribution < 1.29 is 17.9 Å². The summed E-state index contributed by atoms with van der Waals surface area (Å²) in [6.45, 7) is 4.93. The molecule has 1 nitrogen and oxygen atoms in total. The first kappa shape index (κ1) is 26.1. The molecule has 0 atom stereocenters. The van der Waals surface area contributed by atoms with Crippen molar-refractivity contribution in [3.8, 4) is 16.9 Å². The van der Waals surface area contributed by atoms with Gasteiger partial charge in [0.15, 0.2) is 11.6 Å². The third-order valence-electron chi connectivity index (χ3n) is 7.23. The van der Waals surface area contributed by atoms with E-state index in [1.165, 1.54) is 6.07 Å². The van der Waals surface area contributed by atoms with Gasteiger partial charge in [-0.05, 0) is 59.9 Å². The predicted octanol–water partition coefficient (Wildman–Crippen LogP) is 9.80. The van der Waals surface area contributed by atoms with E-state index in [1.807, 2.05) is 12.1 Å². The third kappa shape index (κ3) is 6.40. The SMILES string of the molecule is CCCCCOc1ccc(/C=C/c2ccc(-c3ccc(C4CCC(C)CC4)c(F)c3F)cc2)c(F)c1. The van der Waals surface area contributed by atoms with Crippen molar-refractivity contribution in [1.29, 1.82) is 0 Å². The van der Waals surface area contributed by atoms with Crippen LogP contribution >= 0.6 is 0 Å². The van der Waals surface area contributed by atoms with Crippen LogP contribution in [0.15, 0.2) is 54.6 Å². The van der Waals surface area contributed by atoms with Gasteiger partial charge in [-0.3, -0.25) is 0 Å². The summed E-state index contributed by atoms with van der Waals surface area (Å²) < 4.78 is 50.0. The van der Waals surface area contributed by atoms with Crippen LogP contribution in [0.3, 0.4) is 0 Å². The van der Waals surface area contributed by atoms with Crippen LogP contribution in [0.4, 0.5) is 13.2 Å². The molecule has 0 saturated heterocycles. The number of unbranched alkanes of at least 4 members (excludes halogenated alkanes) is 2. The number of benzene rings is 3. The summed E-state index contributed by atoms with van der Waals surface area (Å²) in [6, 6.07) is 15.5. The Labute approximate surface area is 213 Å². The number of hydrogen-bond acceptors (Lipinski definition) is 1. The zero-order valence-corrected chi connectivity index (χ0v) is 21.2. The average molecular weight is 493 g/mol. The van der Waals surface area contributed by atoms with E-state index in [0.717, 1.165) is 50.5 Å².